The first-order valence-electron chi connectivity index (χ1n) is 10.8. The summed E-state index contributed by atoms with van der Waals surface area (Å²) in [5, 5.41) is 2.83. The second kappa shape index (κ2) is 11.3. The van der Waals surface area contributed by atoms with Crippen LogP contribution in [0.25, 0.3) is 0 Å². The summed E-state index contributed by atoms with van der Waals surface area (Å²) in [6, 6.07) is 11.9. The van der Waals surface area contributed by atoms with Crippen LogP contribution in [0.2, 0.25) is 0 Å². The van der Waals surface area contributed by atoms with Crippen LogP contribution < -0.4 is 9.62 Å². The van der Waals surface area contributed by atoms with Crippen molar-refractivity contribution in [1.29, 1.82) is 0 Å². The maximum absolute atomic E-state index is 14.4. The van der Waals surface area contributed by atoms with Gasteiger partial charge in [0.1, 0.15) is 18.4 Å². The molecule has 1 atom stereocenters. The molecule has 0 aliphatic rings. The Morgan fingerprint density at radius 2 is 1.76 bits per heavy atom. The van der Waals surface area contributed by atoms with E-state index in [1.54, 1.807) is 6.92 Å². The fourth-order valence-electron chi connectivity index (χ4n) is 3.56. The number of nitrogens with one attached hydrogen (secondary N) is 1. The fraction of sp³-hybridized carbons (Fsp3) is 0.417. The number of benzene rings is 2. The third kappa shape index (κ3) is 7.28. The van der Waals surface area contributed by atoms with Crippen LogP contribution in [0, 0.1) is 12.7 Å². The molecule has 2 amide bonds. The number of aryl methyl sites for hydroxylation is 1. The van der Waals surface area contributed by atoms with Gasteiger partial charge in [-0.2, -0.15) is 0 Å². The lowest BCUT2D eigenvalue weighted by Crippen LogP contribution is -2.53. The number of anilines is 1. The predicted molar refractivity (Wildman–Crippen MR) is 128 cm³/mol. The number of nitrogens with zero attached hydrogens (tertiary/aromatic N) is 2. The lowest BCUT2D eigenvalue weighted by atomic mass is 10.1. The van der Waals surface area contributed by atoms with E-state index in [-0.39, 0.29) is 24.2 Å². The summed E-state index contributed by atoms with van der Waals surface area (Å²) >= 11 is 0. The molecule has 0 radical (unpaired) electrons. The maximum Gasteiger partial charge on any atom is 0.244 e. The topological polar surface area (TPSA) is 86.8 Å². The van der Waals surface area contributed by atoms with Gasteiger partial charge in [-0.3, -0.25) is 13.9 Å². The summed E-state index contributed by atoms with van der Waals surface area (Å²) in [7, 11) is -3.98. The zero-order valence-electron chi connectivity index (χ0n) is 19.7. The summed E-state index contributed by atoms with van der Waals surface area (Å²) in [6.45, 7) is 6.83. The van der Waals surface area contributed by atoms with Crippen LogP contribution in [0.4, 0.5) is 10.1 Å². The van der Waals surface area contributed by atoms with Gasteiger partial charge in [-0.1, -0.05) is 48.9 Å². The van der Waals surface area contributed by atoms with Gasteiger partial charge in [0.2, 0.25) is 21.8 Å². The van der Waals surface area contributed by atoms with Gasteiger partial charge in [-0.15, -0.1) is 0 Å². The number of amides is 2. The molecule has 0 fully saturated rings. The molecule has 0 heterocycles. The summed E-state index contributed by atoms with van der Waals surface area (Å²) in [5.74, 6) is -1.69. The molecule has 2 aromatic carbocycles. The number of sulfonamides is 1. The van der Waals surface area contributed by atoms with Crippen molar-refractivity contribution in [3.63, 3.8) is 0 Å². The highest BCUT2D eigenvalue weighted by atomic mass is 32.2. The smallest absolute Gasteiger partial charge is 0.244 e. The van der Waals surface area contributed by atoms with Crippen LogP contribution in [0.1, 0.15) is 38.3 Å². The van der Waals surface area contributed by atoms with E-state index in [2.05, 4.69) is 5.32 Å². The number of hydrogen-bond donors (Lipinski definition) is 1. The summed E-state index contributed by atoms with van der Waals surface area (Å²) < 4.78 is 40.1. The molecule has 180 valence electrons. The molecule has 0 spiro atoms. The van der Waals surface area contributed by atoms with Crippen LogP contribution in [-0.2, 0) is 26.2 Å². The average molecular weight is 478 g/mol. The Balaban J connectivity index is 2.46. The Hall–Kier alpha value is -2.94. The lowest BCUT2D eigenvalue weighted by molar-refractivity contribution is -0.140. The van der Waals surface area contributed by atoms with E-state index in [1.807, 2.05) is 45.0 Å². The van der Waals surface area contributed by atoms with Gasteiger partial charge in [0.25, 0.3) is 0 Å². The molecule has 2 aromatic rings. The van der Waals surface area contributed by atoms with Gasteiger partial charge in [0, 0.05) is 12.6 Å². The standard InChI is InChI=1S/C24H32FN3O4S/c1-6-21(24(30)26-17(2)3)27(15-19-11-9-10-18(4)14-19)23(29)16-28(33(5,31)32)22-13-8-7-12-20(22)25/h7-14,17,21H,6,15-16H2,1-5H3,(H,26,30)/t21-/m1/s1. The molecule has 0 saturated heterocycles. The van der Waals surface area contributed by atoms with Crippen LogP contribution in [0.5, 0.6) is 0 Å². The number of halogens is 1. The Morgan fingerprint density at radius 3 is 2.30 bits per heavy atom. The molecule has 0 aromatic heterocycles. The second-order valence-electron chi connectivity index (χ2n) is 8.32. The first kappa shape index (κ1) is 26.3. The summed E-state index contributed by atoms with van der Waals surface area (Å²) in [5.41, 5.74) is 1.57. The van der Waals surface area contributed by atoms with Crippen molar-refractivity contribution in [2.24, 2.45) is 0 Å². The SMILES string of the molecule is CC[C@H](C(=O)NC(C)C)N(Cc1cccc(C)c1)C(=O)CN(c1ccccc1F)S(C)(=O)=O. The van der Waals surface area contributed by atoms with Crippen molar-refractivity contribution in [2.75, 3.05) is 17.1 Å². The van der Waals surface area contributed by atoms with Gasteiger partial charge in [-0.05, 0) is 44.9 Å². The number of hydrogen-bond acceptors (Lipinski definition) is 4. The van der Waals surface area contributed by atoms with Gasteiger partial charge in [-0.25, -0.2) is 12.8 Å². The molecular formula is C24H32FN3O4S. The molecule has 0 bridgehead atoms. The quantitative estimate of drug-likeness (QED) is 0.569. The number of carbonyl (C=O) groups is 2. The molecule has 2 rings (SSSR count). The van der Waals surface area contributed by atoms with Crippen molar-refractivity contribution in [3.05, 3.63) is 65.5 Å². The van der Waals surface area contributed by atoms with Gasteiger partial charge >= 0.3 is 0 Å². The monoisotopic (exact) mass is 477 g/mol. The predicted octanol–water partition coefficient (Wildman–Crippen LogP) is 3.23. The Bertz CT molecular complexity index is 1090. The number of para-hydroxylation sites is 1. The van der Waals surface area contributed by atoms with Crippen molar-refractivity contribution in [3.8, 4) is 0 Å². The Kier molecular flexibility index (Phi) is 8.99. The number of rotatable bonds is 10. The summed E-state index contributed by atoms with van der Waals surface area (Å²) in [4.78, 5) is 27.7. The molecule has 1 N–H and O–H groups in total. The largest absolute Gasteiger partial charge is 0.352 e. The van der Waals surface area contributed by atoms with E-state index in [9.17, 15) is 22.4 Å². The van der Waals surface area contributed by atoms with E-state index >= 15 is 0 Å². The molecule has 0 aliphatic carbocycles. The fourth-order valence-corrected chi connectivity index (χ4v) is 4.41. The Labute approximate surface area is 195 Å². The Morgan fingerprint density at radius 1 is 1.09 bits per heavy atom. The van der Waals surface area contributed by atoms with E-state index in [0.717, 1.165) is 27.8 Å². The van der Waals surface area contributed by atoms with E-state index in [0.29, 0.717) is 6.42 Å². The van der Waals surface area contributed by atoms with Crippen LogP contribution >= 0.6 is 0 Å². The first-order chi connectivity index (χ1) is 15.4. The van der Waals surface area contributed by atoms with Crippen molar-refractivity contribution in [1.82, 2.24) is 10.2 Å². The minimum atomic E-state index is -3.98. The third-order valence-electron chi connectivity index (χ3n) is 5.05. The first-order valence-corrected chi connectivity index (χ1v) is 12.7. The third-order valence-corrected chi connectivity index (χ3v) is 6.18. The van der Waals surface area contributed by atoms with Crippen LogP contribution in [0.15, 0.2) is 48.5 Å². The van der Waals surface area contributed by atoms with E-state index in [4.69, 9.17) is 0 Å². The molecular weight excluding hydrogens is 445 g/mol. The minimum absolute atomic E-state index is 0.111. The second-order valence-corrected chi connectivity index (χ2v) is 10.2. The van der Waals surface area contributed by atoms with Crippen molar-refractivity contribution < 1.29 is 22.4 Å². The lowest BCUT2D eigenvalue weighted by Gasteiger charge is -2.33. The van der Waals surface area contributed by atoms with Crippen molar-refractivity contribution in [2.45, 2.75) is 52.7 Å². The van der Waals surface area contributed by atoms with Crippen LogP contribution in [-0.4, -0.2) is 50.0 Å². The molecule has 0 saturated carbocycles. The molecule has 9 heteroatoms. The highest BCUT2D eigenvalue weighted by molar-refractivity contribution is 7.92. The van der Waals surface area contributed by atoms with E-state index < -0.39 is 34.3 Å². The van der Waals surface area contributed by atoms with Gasteiger partial charge < -0.3 is 10.2 Å². The normalized spacial score (nSPS) is 12.3. The maximum atomic E-state index is 14.4. The average Bonchev–Trinajstić information content (AvgIpc) is 2.71. The van der Waals surface area contributed by atoms with Gasteiger partial charge in [0.15, 0.2) is 0 Å². The minimum Gasteiger partial charge on any atom is -0.352 e. The molecule has 0 unspecified atom stereocenters. The zero-order chi connectivity index (χ0) is 24.8. The van der Waals surface area contributed by atoms with E-state index in [1.165, 1.54) is 23.1 Å². The number of carbonyl (C=O) groups excluding carboxylic acids is 2. The molecule has 0 aliphatic heterocycles. The molecule has 7 nitrogen and oxygen atoms in total. The zero-order valence-corrected chi connectivity index (χ0v) is 20.5. The molecule has 33 heavy (non-hydrogen) atoms. The summed E-state index contributed by atoms with van der Waals surface area (Å²) in [6.07, 6.45) is 1.25. The highest BCUT2D eigenvalue weighted by Crippen LogP contribution is 2.22. The van der Waals surface area contributed by atoms with Crippen LogP contribution in [0.3, 0.4) is 0 Å². The highest BCUT2D eigenvalue weighted by Gasteiger charge is 2.32. The van der Waals surface area contributed by atoms with Gasteiger partial charge in [0.05, 0.1) is 11.9 Å². The van der Waals surface area contributed by atoms with Crippen molar-refractivity contribution >= 4 is 27.5 Å².